The molecule has 1 saturated heterocycles. The quantitative estimate of drug-likeness (QED) is 0.701. The van der Waals surface area contributed by atoms with Crippen molar-refractivity contribution in [3.8, 4) is 0 Å². The number of carbonyl (C=O) groups is 1. The zero-order chi connectivity index (χ0) is 18.6. The summed E-state index contributed by atoms with van der Waals surface area (Å²) in [4.78, 5) is 22.8. The first-order valence-corrected chi connectivity index (χ1v) is 9.16. The van der Waals surface area contributed by atoms with Crippen LogP contribution in [0.1, 0.15) is 28.9 Å². The Labute approximate surface area is 158 Å². The number of imidazole rings is 1. The fraction of sp³-hybridized carbons (Fsp3) is 0.350. The third-order valence-electron chi connectivity index (χ3n) is 4.95. The standard InChI is InChI=1S/C20H23N5O2/c1-27-20(26)15-2-3-19-23-18(14-25(19)12-15)13-24-10-6-17(7-11-24)22-16-4-8-21-9-5-16/h2-5,8-9,12,14,17H,6-7,10-11,13H2,1H3,(H,21,22). The maximum Gasteiger partial charge on any atom is 0.339 e. The zero-order valence-electron chi connectivity index (χ0n) is 15.3. The Kier molecular flexibility index (Phi) is 5.02. The van der Waals surface area contributed by atoms with E-state index in [1.807, 2.05) is 41.2 Å². The lowest BCUT2D eigenvalue weighted by Crippen LogP contribution is -2.38. The van der Waals surface area contributed by atoms with Crippen LogP contribution in [0.3, 0.4) is 0 Å². The van der Waals surface area contributed by atoms with Crippen LogP contribution in [0.5, 0.6) is 0 Å². The molecule has 4 rings (SSSR count). The molecule has 0 atom stereocenters. The Morgan fingerprint density at radius 2 is 1.96 bits per heavy atom. The van der Waals surface area contributed by atoms with Crippen molar-refractivity contribution >= 4 is 17.3 Å². The molecule has 3 aromatic rings. The number of anilines is 1. The van der Waals surface area contributed by atoms with Crippen molar-refractivity contribution in [1.29, 1.82) is 0 Å². The third-order valence-corrected chi connectivity index (χ3v) is 4.95. The van der Waals surface area contributed by atoms with Gasteiger partial charge in [-0.3, -0.25) is 9.88 Å². The molecule has 0 unspecified atom stereocenters. The van der Waals surface area contributed by atoms with Crippen LogP contribution in [0.25, 0.3) is 5.65 Å². The highest BCUT2D eigenvalue weighted by molar-refractivity contribution is 5.89. The number of methoxy groups -OCH3 is 1. The molecule has 0 bridgehead atoms. The first-order valence-electron chi connectivity index (χ1n) is 9.16. The van der Waals surface area contributed by atoms with Crippen molar-refractivity contribution in [1.82, 2.24) is 19.3 Å². The number of nitrogens with zero attached hydrogens (tertiary/aromatic N) is 4. The number of fused-ring (bicyclic) bond motifs is 1. The van der Waals surface area contributed by atoms with Gasteiger partial charge in [0.25, 0.3) is 0 Å². The molecule has 0 aromatic carbocycles. The summed E-state index contributed by atoms with van der Waals surface area (Å²) < 4.78 is 6.66. The van der Waals surface area contributed by atoms with E-state index < -0.39 is 0 Å². The van der Waals surface area contributed by atoms with Gasteiger partial charge < -0.3 is 14.5 Å². The van der Waals surface area contributed by atoms with E-state index in [0.717, 1.165) is 49.5 Å². The van der Waals surface area contributed by atoms with Crippen molar-refractivity contribution in [2.24, 2.45) is 0 Å². The number of pyridine rings is 2. The summed E-state index contributed by atoms with van der Waals surface area (Å²) in [6.07, 6.45) is 9.58. The van der Waals surface area contributed by atoms with Gasteiger partial charge in [-0.05, 0) is 37.1 Å². The van der Waals surface area contributed by atoms with E-state index in [4.69, 9.17) is 4.74 Å². The van der Waals surface area contributed by atoms with Gasteiger partial charge in [0.15, 0.2) is 0 Å². The van der Waals surface area contributed by atoms with Gasteiger partial charge in [0, 0.05) is 56.2 Å². The Bertz CT molecular complexity index is 917. The lowest BCUT2D eigenvalue weighted by molar-refractivity contribution is 0.0600. The van der Waals surface area contributed by atoms with Crippen LogP contribution in [0.2, 0.25) is 0 Å². The Balaban J connectivity index is 1.35. The molecular formula is C20H23N5O2. The lowest BCUT2D eigenvalue weighted by Gasteiger charge is -2.32. The predicted octanol–water partition coefficient (Wildman–Crippen LogP) is 2.59. The third kappa shape index (κ3) is 4.09. The Morgan fingerprint density at radius 1 is 1.19 bits per heavy atom. The van der Waals surface area contributed by atoms with Gasteiger partial charge in [0.05, 0.1) is 18.4 Å². The van der Waals surface area contributed by atoms with Crippen molar-refractivity contribution in [3.63, 3.8) is 0 Å². The summed E-state index contributed by atoms with van der Waals surface area (Å²) in [5.74, 6) is -0.337. The number of nitrogens with one attached hydrogen (secondary N) is 1. The summed E-state index contributed by atoms with van der Waals surface area (Å²) in [6, 6.07) is 8.10. The van der Waals surface area contributed by atoms with Crippen molar-refractivity contribution in [2.75, 3.05) is 25.5 Å². The summed E-state index contributed by atoms with van der Waals surface area (Å²) in [6.45, 7) is 2.88. The molecule has 3 aromatic heterocycles. The minimum atomic E-state index is -0.337. The summed E-state index contributed by atoms with van der Waals surface area (Å²) in [5.41, 5.74) is 3.51. The van der Waals surface area contributed by atoms with Crippen LogP contribution in [-0.4, -0.2) is 51.5 Å². The van der Waals surface area contributed by atoms with Gasteiger partial charge in [-0.15, -0.1) is 0 Å². The average Bonchev–Trinajstić information content (AvgIpc) is 3.11. The van der Waals surface area contributed by atoms with Gasteiger partial charge in [0.1, 0.15) is 5.65 Å². The number of rotatable bonds is 5. The van der Waals surface area contributed by atoms with E-state index in [1.165, 1.54) is 7.11 Å². The van der Waals surface area contributed by atoms with Crippen LogP contribution in [0.15, 0.2) is 49.1 Å². The summed E-state index contributed by atoms with van der Waals surface area (Å²) >= 11 is 0. The fourth-order valence-corrected chi connectivity index (χ4v) is 3.51. The molecule has 0 radical (unpaired) electrons. The summed E-state index contributed by atoms with van der Waals surface area (Å²) in [7, 11) is 1.39. The van der Waals surface area contributed by atoms with Crippen LogP contribution in [0, 0.1) is 0 Å². The lowest BCUT2D eigenvalue weighted by atomic mass is 10.0. The van der Waals surface area contributed by atoms with Crippen molar-refractivity contribution in [2.45, 2.75) is 25.4 Å². The van der Waals surface area contributed by atoms with Crippen molar-refractivity contribution < 1.29 is 9.53 Å². The molecule has 1 aliphatic rings. The second kappa shape index (κ2) is 7.75. The second-order valence-corrected chi connectivity index (χ2v) is 6.84. The number of likely N-dealkylation sites (tertiary alicyclic amines) is 1. The van der Waals surface area contributed by atoms with E-state index in [-0.39, 0.29) is 5.97 Å². The highest BCUT2D eigenvalue weighted by Crippen LogP contribution is 2.18. The minimum Gasteiger partial charge on any atom is -0.465 e. The van der Waals surface area contributed by atoms with Gasteiger partial charge >= 0.3 is 5.97 Å². The highest BCUT2D eigenvalue weighted by atomic mass is 16.5. The monoisotopic (exact) mass is 365 g/mol. The normalized spacial score (nSPS) is 15.7. The van der Waals surface area contributed by atoms with E-state index >= 15 is 0 Å². The van der Waals surface area contributed by atoms with E-state index in [2.05, 4.69) is 20.2 Å². The van der Waals surface area contributed by atoms with Crippen LogP contribution < -0.4 is 5.32 Å². The zero-order valence-corrected chi connectivity index (χ0v) is 15.3. The number of piperidine rings is 1. The largest absolute Gasteiger partial charge is 0.465 e. The van der Waals surface area contributed by atoms with E-state index in [1.54, 1.807) is 12.3 Å². The Morgan fingerprint density at radius 3 is 2.70 bits per heavy atom. The maximum absolute atomic E-state index is 11.7. The molecule has 7 heteroatoms. The molecule has 0 spiro atoms. The molecule has 0 saturated carbocycles. The number of hydrogen-bond acceptors (Lipinski definition) is 6. The predicted molar refractivity (Wildman–Crippen MR) is 103 cm³/mol. The topological polar surface area (TPSA) is 71.8 Å². The van der Waals surface area contributed by atoms with Gasteiger partial charge in [-0.2, -0.15) is 0 Å². The Hall–Kier alpha value is -2.93. The molecule has 0 amide bonds. The molecule has 4 heterocycles. The number of esters is 1. The number of aromatic nitrogens is 3. The van der Waals surface area contributed by atoms with E-state index in [0.29, 0.717) is 11.6 Å². The van der Waals surface area contributed by atoms with Gasteiger partial charge in [-0.1, -0.05) is 0 Å². The first-order chi connectivity index (χ1) is 13.2. The second-order valence-electron chi connectivity index (χ2n) is 6.84. The molecular weight excluding hydrogens is 342 g/mol. The molecule has 7 nitrogen and oxygen atoms in total. The van der Waals surface area contributed by atoms with Gasteiger partial charge in [-0.25, -0.2) is 9.78 Å². The highest BCUT2D eigenvalue weighted by Gasteiger charge is 2.20. The number of ether oxygens (including phenoxy) is 1. The molecule has 0 aliphatic carbocycles. The molecule has 1 aliphatic heterocycles. The maximum atomic E-state index is 11.7. The summed E-state index contributed by atoms with van der Waals surface area (Å²) in [5, 5.41) is 3.58. The fourth-order valence-electron chi connectivity index (χ4n) is 3.51. The van der Waals surface area contributed by atoms with Crippen LogP contribution in [-0.2, 0) is 11.3 Å². The number of hydrogen-bond donors (Lipinski definition) is 1. The molecule has 27 heavy (non-hydrogen) atoms. The molecule has 1 fully saturated rings. The average molecular weight is 365 g/mol. The number of carbonyl (C=O) groups excluding carboxylic acids is 1. The van der Waals surface area contributed by atoms with Crippen LogP contribution >= 0.6 is 0 Å². The minimum absolute atomic E-state index is 0.337. The van der Waals surface area contributed by atoms with Crippen molar-refractivity contribution in [3.05, 3.63) is 60.3 Å². The molecule has 140 valence electrons. The molecule has 1 N–H and O–H groups in total. The first kappa shape index (κ1) is 17.5. The SMILES string of the molecule is COC(=O)c1ccc2nc(CN3CCC(Nc4ccncc4)CC3)cn2c1. The van der Waals surface area contributed by atoms with E-state index in [9.17, 15) is 4.79 Å². The van der Waals surface area contributed by atoms with Crippen LogP contribution in [0.4, 0.5) is 5.69 Å². The van der Waals surface area contributed by atoms with Gasteiger partial charge in [0.2, 0.25) is 0 Å². The smallest absolute Gasteiger partial charge is 0.339 e.